The fourth-order valence-corrected chi connectivity index (χ4v) is 3.43. The molecule has 0 spiro atoms. The Balaban J connectivity index is 2.18. The normalized spacial score (nSPS) is 12.6. The Morgan fingerprint density at radius 2 is 1.58 bits per heavy atom. The molecule has 0 saturated carbocycles. The Morgan fingerprint density at radius 1 is 1.08 bits per heavy atom. The Labute approximate surface area is 140 Å². The summed E-state index contributed by atoms with van der Waals surface area (Å²) in [6.07, 6.45) is 0.677. The lowest BCUT2D eigenvalue weighted by atomic mass is 10.1. The summed E-state index contributed by atoms with van der Waals surface area (Å²) in [5.74, 6) is -0.804. The zero-order chi connectivity index (χ0) is 17.7. The molecule has 3 N–H and O–H groups in total. The Bertz CT molecular complexity index is 796. The van der Waals surface area contributed by atoms with Gasteiger partial charge in [0.25, 0.3) is 0 Å². The predicted octanol–water partition coefficient (Wildman–Crippen LogP) is 1.87. The molecule has 24 heavy (non-hydrogen) atoms. The maximum absolute atomic E-state index is 12.6. The van der Waals surface area contributed by atoms with Gasteiger partial charge in [-0.25, -0.2) is 13.2 Å². The van der Waals surface area contributed by atoms with Gasteiger partial charge in [0, 0.05) is 6.04 Å². The molecule has 1 atom stereocenters. The second-order valence-corrected chi connectivity index (χ2v) is 7.43. The van der Waals surface area contributed by atoms with Crippen molar-refractivity contribution in [3.8, 4) is 5.75 Å². The molecule has 0 aliphatic carbocycles. The minimum atomic E-state index is -3.64. The van der Waals surface area contributed by atoms with Crippen molar-refractivity contribution in [1.29, 1.82) is 0 Å². The summed E-state index contributed by atoms with van der Waals surface area (Å²) in [7, 11) is -3.64. The molecule has 0 radical (unpaired) electrons. The van der Waals surface area contributed by atoms with Crippen molar-refractivity contribution in [2.75, 3.05) is 6.61 Å². The highest BCUT2D eigenvalue weighted by Gasteiger charge is 2.17. The summed E-state index contributed by atoms with van der Waals surface area (Å²) >= 11 is 0. The van der Waals surface area contributed by atoms with E-state index in [1.165, 1.54) is 24.3 Å². The molecule has 7 heteroatoms. The number of hydrogen-bond acceptors (Lipinski definition) is 5. The van der Waals surface area contributed by atoms with E-state index in [2.05, 4.69) is 0 Å². The Morgan fingerprint density at radius 3 is 2.04 bits per heavy atom. The second kappa shape index (κ2) is 7.46. The molecule has 0 saturated heterocycles. The highest BCUT2D eigenvalue weighted by atomic mass is 32.2. The number of carboxylic acids is 1. The summed E-state index contributed by atoms with van der Waals surface area (Å²) in [4.78, 5) is 10.8. The lowest BCUT2D eigenvalue weighted by molar-refractivity contribution is -0.139. The van der Waals surface area contributed by atoms with Crippen LogP contribution in [0, 0.1) is 0 Å². The molecule has 0 fully saturated rings. The van der Waals surface area contributed by atoms with Gasteiger partial charge >= 0.3 is 5.97 Å². The van der Waals surface area contributed by atoms with Crippen LogP contribution in [-0.2, 0) is 21.1 Å². The number of carboxylic acid groups (broad SMARTS) is 1. The van der Waals surface area contributed by atoms with Crippen LogP contribution in [0.4, 0.5) is 0 Å². The summed E-state index contributed by atoms with van der Waals surface area (Å²) in [6, 6.07) is 12.3. The van der Waals surface area contributed by atoms with Crippen molar-refractivity contribution in [3.63, 3.8) is 0 Å². The number of carbonyl (C=O) groups is 1. The van der Waals surface area contributed by atoms with Gasteiger partial charge in [0.15, 0.2) is 6.61 Å². The molecule has 6 nitrogen and oxygen atoms in total. The molecule has 0 aliphatic heterocycles. The van der Waals surface area contributed by atoms with Crippen molar-refractivity contribution < 1.29 is 23.1 Å². The molecule has 128 valence electrons. The van der Waals surface area contributed by atoms with Gasteiger partial charge < -0.3 is 15.6 Å². The second-order valence-electron chi connectivity index (χ2n) is 5.48. The largest absolute Gasteiger partial charge is 0.482 e. The number of aliphatic carboxylic acids is 1. The Hall–Kier alpha value is -2.38. The number of nitrogens with two attached hydrogens (primary N) is 1. The first-order valence-corrected chi connectivity index (χ1v) is 8.81. The predicted molar refractivity (Wildman–Crippen MR) is 88.8 cm³/mol. The van der Waals surface area contributed by atoms with Crippen LogP contribution in [0.1, 0.15) is 12.5 Å². The van der Waals surface area contributed by atoms with Crippen LogP contribution in [0.2, 0.25) is 0 Å². The molecule has 0 aliphatic rings. The number of ether oxygens (including phenoxy) is 1. The monoisotopic (exact) mass is 349 g/mol. The van der Waals surface area contributed by atoms with Crippen LogP contribution in [0.3, 0.4) is 0 Å². The van der Waals surface area contributed by atoms with Crippen LogP contribution in [0.15, 0.2) is 58.3 Å². The van der Waals surface area contributed by atoms with E-state index in [4.69, 9.17) is 15.6 Å². The minimum absolute atomic E-state index is 0.00537. The van der Waals surface area contributed by atoms with Crippen LogP contribution in [0.25, 0.3) is 0 Å². The van der Waals surface area contributed by atoms with E-state index in [0.29, 0.717) is 12.2 Å². The zero-order valence-corrected chi connectivity index (χ0v) is 14.0. The van der Waals surface area contributed by atoms with E-state index in [0.717, 1.165) is 5.56 Å². The van der Waals surface area contributed by atoms with Crippen LogP contribution in [-0.4, -0.2) is 32.1 Å². The molecule has 2 aromatic rings. The molecule has 0 aromatic heterocycles. The lowest BCUT2D eigenvalue weighted by Crippen LogP contribution is -2.17. The SMILES string of the molecule is C[C@@H](N)Cc1ccc(S(=O)(=O)c2ccc(OCC(=O)O)cc2)cc1. The molecular formula is C17H19NO5S. The summed E-state index contributed by atoms with van der Waals surface area (Å²) in [5.41, 5.74) is 6.70. The molecule has 2 aromatic carbocycles. The average molecular weight is 349 g/mol. The molecule has 0 amide bonds. The van der Waals surface area contributed by atoms with Gasteiger partial charge in [-0.2, -0.15) is 0 Å². The first-order chi connectivity index (χ1) is 11.3. The van der Waals surface area contributed by atoms with Gasteiger partial charge in [0.1, 0.15) is 5.75 Å². The zero-order valence-electron chi connectivity index (χ0n) is 13.2. The summed E-state index contributed by atoms with van der Waals surface area (Å²) in [6.45, 7) is 1.41. The van der Waals surface area contributed by atoms with Crippen molar-refractivity contribution >= 4 is 15.8 Å². The van der Waals surface area contributed by atoms with E-state index in [1.807, 2.05) is 6.92 Å². The average Bonchev–Trinajstić information content (AvgIpc) is 2.53. The number of sulfone groups is 1. The highest BCUT2D eigenvalue weighted by Crippen LogP contribution is 2.23. The molecule has 2 rings (SSSR count). The lowest BCUT2D eigenvalue weighted by Gasteiger charge is -2.09. The van der Waals surface area contributed by atoms with Crippen LogP contribution < -0.4 is 10.5 Å². The van der Waals surface area contributed by atoms with Gasteiger partial charge in [-0.15, -0.1) is 0 Å². The summed E-state index contributed by atoms with van der Waals surface area (Å²) < 4.78 is 30.2. The maximum Gasteiger partial charge on any atom is 0.341 e. The van der Waals surface area contributed by atoms with E-state index in [1.54, 1.807) is 24.3 Å². The quantitative estimate of drug-likeness (QED) is 0.790. The third-order valence-electron chi connectivity index (χ3n) is 3.29. The fraction of sp³-hybridized carbons (Fsp3) is 0.235. The minimum Gasteiger partial charge on any atom is -0.482 e. The number of hydrogen-bond donors (Lipinski definition) is 2. The van der Waals surface area contributed by atoms with Crippen molar-refractivity contribution in [3.05, 3.63) is 54.1 Å². The summed E-state index contributed by atoms with van der Waals surface area (Å²) in [5, 5.41) is 8.56. The van der Waals surface area contributed by atoms with E-state index in [9.17, 15) is 13.2 Å². The van der Waals surface area contributed by atoms with E-state index >= 15 is 0 Å². The number of benzene rings is 2. The molecular weight excluding hydrogens is 330 g/mol. The van der Waals surface area contributed by atoms with E-state index < -0.39 is 22.4 Å². The Kier molecular flexibility index (Phi) is 5.58. The van der Waals surface area contributed by atoms with Gasteiger partial charge in [0.2, 0.25) is 9.84 Å². The van der Waals surface area contributed by atoms with E-state index in [-0.39, 0.29) is 15.8 Å². The van der Waals surface area contributed by atoms with Gasteiger partial charge in [-0.05, 0) is 55.3 Å². The first kappa shape index (κ1) is 18.0. The van der Waals surface area contributed by atoms with Crippen LogP contribution in [0.5, 0.6) is 5.75 Å². The molecule has 0 bridgehead atoms. The van der Waals surface area contributed by atoms with Crippen molar-refractivity contribution in [2.45, 2.75) is 29.2 Å². The maximum atomic E-state index is 12.6. The van der Waals surface area contributed by atoms with Crippen molar-refractivity contribution in [1.82, 2.24) is 0 Å². The fourth-order valence-electron chi connectivity index (χ4n) is 2.17. The third kappa shape index (κ3) is 4.56. The van der Waals surface area contributed by atoms with Crippen LogP contribution >= 0.6 is 0 Å². The topological polar surface area (TPSA) is 107 Å². The highest BCUT2D eigenvalue weighted by molar-refractivity contribution is 7.91. The van der Waals surface area contributed by atoms with Gasteiger partial charge in [0.05, 0.1) is 9.79 Å². The van der Waals surface area contributed by atoms with Crippen molar-refractivity contribution in [2.24, 2.45) is 5.73 Å². The third-order valence-corrected chi connectivity index (χ3v) is 5.07. The number of rotatable bonds is 7. The standard InChI is InChI=1S/C17H19NO5S/c1-12(18)10-13-2-6-15(7-3-13)24(21,22)16-8-4-14(5-9-16)23-11-17(19)20/h2-9,12H,10-11,18H2,1H3,(H,19,20)/t12-/m1/s1. The molecule has 0 unspecified atom stereocenters. The first-order valence-electron chi connectivity index (χ1n) is 7.33. The molecule has 0 heterocycles. The smallest absolute Gasteiger partial charge is 0.341 e. The van der Waals surface area contributed by atoms with Gasteiger partial charge in [-0.3, -0.25) is 0 Å². The van der Waals surface area contributed by atoms with Gasteiger partial charge in [-0.1, -0.05) is 12.1 Å².